The average Bonchev–Trinajstić information content (AvgIpc) is 3.08. The normalized spacial score (nSPS) is 18.2. The van der Waals surface area contributed by atoms with Crippen molar-refractivity contribution >= 4 is 23.5 Å². The van der Waals surface area contributed by atoms with Crippen LogP contribution in [0.25, 0.3) is 0 Å². The van der Waals surface area contributed by atoms with Crippen LogP contribution in [-0.4, -0.2) is 58.5 Å². The van der Waals surface area contributed by atoms with Gasteiger partial charge in [-0.2, -0.15) is 11.8 Å². The molecule has 2 aliphatic rings. The van der Waals surface area contributed by atoms with Crippen LogP contribution in [0.5, 0.6) is 0 Å². The Kier molecular flexibility index (Phi) is 4.42. The molecule has 0 saturated carbocycles. The van der Waals surface area contributed by atoms with Gasteiger partial charge in [-0.25, -0.2) is 9.97 Å². The van der Waals surface area contributed by atoms with E-state index in [2.05, 4.69) is 14.9 Å². The van der Waals surface area contributed by atoms with Gasteiger partial charge in [-0.3, -0.25) is 4.79 Å². The van der Waals surface area contributed by atoms with Gasteiger partial charge in [0.05, 0.1) is 17.5 Å². The predicted octanol–water partition coefficient (Wildman–Crippen LogP) is 1.86. The third kappa shape index (κ3) is 3.00. The van der Waals surface area contributed by atoms with Crippen LogP contribution in [0.2, 0.25) is 0 Å². The zero-order valence-electron chi connectivity index (χ0n) is 13.5. The lowest BCUT2D eigenvalue weighted by molar-refractivity contribution is 0.0762. The van der Waals surface area contributed by atoms with E-state index >= 15 is 0 Å². The molecule has 2 aliphatic heterocycles. The number of aromatic nitrogens is 2. The summed E-state index contributed by atoms with van der Waals surface area (Å²) in [5.41, 5.74) is 2.91. The highest BCUT2D eigenvalue weighted by atomic mass is 32.2. The second kappa shape index (κ2) is 6.84. The number of rotatable bonds is 2. The number of hydrogen-bond donors (Lipinski definition) is 0. The molecule has 24 heavy (non-hydrogen) atoms. The van der Waals surface area contributed by atoms with Crippen LogP contribution in [0.1, 0.15) is 21.6 Å². The quantitative estimate of drug-likeness (QED) is 0.829. The zero-order valence-corrected chi connectivity index (χ0v) is 14.3. The fourth-order valence-corrected chi connectivity index (χ4v) is 4.23. The van der Waals surface area contributed by atoms with Crippen LogP contribution in [0, 0.1) is 0 Å². The molecule has 0 unspecified atom stereocenters. The Hall–Kier alpha value is -2.02. The Morgan fingerprint density at radius 1 is 1.12 bits per heavy atom. The standard InChI is InChI=1S/C17H20N4O2S/c22-17(13-3-8-23-11-13)21-4-1-14-15(2-5-21)18-12-19-16(14)20-6-9-24-10-7-20/h3,8,11-12H,1-2,4-7,9-10H2. The van der Waals surface area contributed by atoms with E-state index in [1.807, 2.05) is 16.7 Å². The zero-order chi connectivity index (χ0) is 16.4. The van der Waals surface area contributed by atoms with Crippen LogP contribution < -0.4 is 4.90 Å². The van der Waals surface area contributed by atoms with Gasteiger partial charge in [-0.1, -0.05) is 0 Å². The Balaban J connectivity index is 1.55. The number of hydrogen-bond acceptors (Lipinski definition) is 6. The van der Waals surface area contributed by atoms with E-state index in [1.54, 1.807) is 12.4 Å². The van der Waals surface area contributed by atoms with E-state index < -0.39 is 0 Å². The van der Waals surface area contributed by atoms with E-state index in [9.17, 15) is 4.79 Å². The average molecular weight is 344 g/mol. The fourth-order valence-electron chi connectivity index (χ4n) is 3.33. The molecule has 1 saturated heterocycles. The highest BCUT2D eigenvalue weighted by Crippen LogP contribution is 2.26. The van der Waals surface area contributed by atoms with Crippen molar-refractivity contribution in [3.8, 4) is 0 Å². The topological polar surface area (TPSA) is 62.5 Å². The first kappa shape index (κ1) is 15.5. The molecule has 1 amide bonds. The van der Waals surface area contributed by atoms with Crippen molar-refractivity contribution in [1.29, 1.82) is 0 Å². The number of furan rings is 1. The Labute approximate surface area is 145 Å². The van der Waals surface area contributed by atoms with Gasteiger partial charge in [-0.15, -0.1) is 0 Å². The second-order valence-corrected chi connectivity index (χ2v) is 7.25. The van der Waals surface area contributed by atoms with Crippen molar-refractivity contribution in [2.24, 2.45) is 0 Å². The van der Waals surface area contributed by atoms with Crippen LogP contribution >= 0.6 is 11.8 Å². The summed E-state index contributed by atoms with van der Waals surface area (Å²) in [6.07, 6.45) is 6.30. The number of carbonyl (C=O) groups is 1. The van der Waals surface area contributed by atoms with Crippen molar-refractivity contribution in [3.63, 3.8) is 0 Å². The van der Waals surface area contributed by atoms with Gasteiger partial charge >= 0.3 is 0 Å². The molecule has 0 spiro atoms. The minimum Gasteiger partial charge on any atom is -0.472 e. The Morgan fingerprint density at radius 3 is 2.75 bits per heavy atom. The van der Waals surface area contributed by atoms with E-state index in [0.717, 1.165) is 48.9 Å². The monoisotopic (exact) mass is 344 g/mol. The van der Waals surface area contributed by atoms with Gasteiger partial charge in [-0.05, 0) is 12.5 Å². The maximum absolute atomic E-state index is 12.6. The van der Waals surface area contributed by atoms with Crippen molar-refractivity contribution in [3.05, 3.63) is 41.7 Å². The summed E-state index contributed by atoms with van der Waals surface area (Å²) in [4.78, 5) is 25.9. The van der Waals surface area contributed by atoms with E-state index in [1.165, 1.54) is 18.1 Å². The van der Waals surface area contributed by atoms with Gasteiger partial charge in [0.25, 0.3) is 5.91 Å². The lowest BCUT2D eigenvalue weighted by Gasteiger charge is -2.29. The third-order valence-corrected chi connectivity index (χ3v) is 5.57. The molecule has 6 nitrogen and oxygen atoms in total. The first-order chi connectivity index (χ1) is 11.8. The Morgan fingerprint density at radius 2 is 1.96 bits per heavy atom. The minimum absolute atomic E-state index is 0.0282. The van der Waals surface area contributed by atoms with Crippen molar-refractivity contribution in [2.45, 2.75) is 12.8 Å². The van der Waals surface area contributed by atoms with Gasteiger partial charge < -0.3 is 14.2 Å². The van der Waals surface area contributed by atoms with Gasteiger partial charge in [0.15, 0.2) is 0 Å². The number of fused-ring (bicyclic) bond motifs is 1. The number of nitrogens with zero attached hydrogens (tertiary/aromatic N) is 4. The molecule has 0 atom stereocenters. The lowest BCUT2D eigenvalue weighted by Crippen LogP contribution is -2.34. The molecule has 0 N–H and O–H groups in total. The molecule has 126 valence electrons. The maximum atomic E-state index is 12.6. The number of amides is 1. The molecular weight excluding hydrogens is 324 g/mol. The van der Waals surface area contributed by atoms with E-state index in [-0.39, 0.29) is 5.91 Å². The minimum atomic E-state index is 0.0282. The van der Waals surface area contributed by atoms with Crippen LogP contribution in [0.4, 0.5) is 5.82 Å². The van der Waals surface area contributed by atoms with Crippen LogP contribution in [0.3, 0.4) is 0 Å². The molecule has 4 rings (SSSR count). The first-order valence-electron chi connectivity index (χ1n) is 8.30. The number of anilines is 1. The molecule has 0 aromatic carbocycles. The van der Waals surface area contributed by atoms with Gasteiger partial charge in [0.2, 0.25) is 0 Å². The smallest absolute Gasteiger partial charge is 0.257 e. The molecule has 7 heteroatoms. The molecule has 2 aromatic heterocycles. The summed E-state index contributed by atoms with van der Waals surface area (Å²) in [5, 5.41) is 0. The summed E-state index contributed by atoms with van der Waals surface area (Å²) >= 11 is 1.99. The predicted molar refractivity (Wildman–Crippen MR) is 93.6 cm³/mol. The Bertz CT molecular complexity index is 713. The van der Waals surface area contributed by atoms with Gasteiger partial charge in [0, 0.05) is 49.7 Å². The number of thioether (sulfide) groups is 1. The second-order valence-electron chi connectivity index (χ2n) is 6.03. The largest absolute Gasteiger partial charge is 0.472 e. The first-order valence-corrected chi connectivity index (χ1v) is 9.45. The van der Waals surface area contributed by atoms with Crippen LogP contribution in [0.15, 0.2) is 29.3 Å². The van der Waals surface area contributed by atoms with Crippen molar-refractivity contribution < 1.29 is 9.21 Å². The van der Waals surface area contributed by atoms with Crippen molar-refractivity contribution in [2.75, 3.05) is 42.6 Å². The fraction of sp³-hybridized carbons (Fsp3) is 0.471. The van der Waals surface area contributed by atoms with E-state index in [0.29, 0.717) is 18.7 Å². The third-order valence-electron chi connectivity index (χ3n) is 4.63. The summed E-state index contributed by atoms with van der Waals surface area (Å²) in [5.74, 6) is 3.38. The van der Waals surface area contributed by atoms with E-state index in [4.69, 9.17) is 4.42 Å². The molecule has 0 radical (unpaired) electrons. The summed E-state index contributed by atoms with van der Waals surface area (Å²) in [7, 11) is 0. The molecular formula is C17H20N4O2S. The molecule has 0 aliphatic carbocycles. The SMILES string of the molecule is O=C(c1ccoc1)N1CCc2ncnc(N3CCSCC3)c2CC1. The maximum Gasteiger partial charge on any atom is 0.257 e. The highest BCUT2D eigenvalue weighted by molar-refractivity contribution is 7.99. The summed E-state index contributed by atoms with van der Waals surface area (Å²) in [6.45, 7) is 3.45. The molecule has 0 bridgehead atoms. The van der Waals surface area contributed by atoms with Gasteiger partial charge in [0.1, 0.15) is 18.4 Å². The molecule has 4 heterocycles. The molecule has 2 aromatic rings. The van der Waals surface area contributed by atoms with Crippen molar-refractivity contribution in [1.82, 2.24) is 14.9 Å². The summed E-state index contributed by atoms with van der Waals surface area (Å²) in [6, 6.07) is 1.72. The number of carbonyl (C=O) groups excluding carboxylic acids is 1. The van der Waals surface area contributed by atoms with Crippen LogP contribution in [-0.2, 0) is 12.8 Å². The highest BCUT2D eigenvalue weighted by Gasteiger charge is 2.25. The summed E-state index contributed by atoms with van der Waals surface area (Å²) < 4.78 is 5.04. The molecule has 1 fully saturated rings. The lowest BCUT2D eigenvalue weighted by atomic mass is 10.1.